The molecule has 2 nitrogen and oxygen atoms in total. The summed E-state index contributed by atoms with van der Waals surface area (Å²) in [6.45, 7) is 14.4. The van der Waals surface area contributed by atoms with Crippen LogP contribution in [0.4, 0.5) is 0 Å². The van der Waals surface area contributed by atoms with Crippen molar-refractivity contribution in [3.05, 3.63) is 12.7 Å². The number of rotatable bonds is 4. The first-order chi connectivity index (χ1) is 6.24. The summed E-state index contributed by atoms with van der Waals surface area (Å²) in [4.78, 5) is 5.07. The van der Waals surface area contributed by atoms with Gasteiger partial charge in [0.25, 0.3) is 0 Å². The Bertz CT molecular complexity index is 146. The fraction of sp³-hybridized carbons (Fsp3) is 0.818. The lowest BCUT2D eigenvalue weighted by Crippen LogP contribution is -2.48. The molecule has 0 aromatic heterocycles. The Morgan fingerprint density at radius 2 is 1.85 bits per heavy atom. The van der Waals surface area contributed by atoms with Crippen LogP contribution < -0.4 is 0 Å². The van der Waals surface area contributed by atoms with Gasteiger partial charge in [0.1, 0.15) is 0 Å². The van der Waals surface area contributed by atoms with E-state index in [4.69, 9.17) is 0 Å². The lowest BCUT2D eigenvalue weighted by molar-refractivity contribution is 0.110. The maximum absolute atomic E-state index is 3.75. The molecule has 1 heterocycles. The first-order valence-electron chi connectivity index (χ1n) is 5.31. The van der Waals surface area contributed by atoms with Gasteiger partial charge in [-0.3, -0.25) is 4.90 Å². The van der Waals surface area contributed by atoms with Crippen molar-refractivity contribution in [1.82, 2.24) is 9.80 Å². The molecular weight excluding hydrogens is 160 g/mol. The van der Waals surface area contributed by atoms with Gasteiger partial charge in [-0.05, 0) is 20.3 Å². The fourth-order valence-corrected chi connectivity index (χ4v) is 1.78. The predicted molar refractivity (Wildman–Crippen MR) is 58.0 cm³/mol. The van der Waals surface area contributed by atoms with E-state index in [0.29, 0.717) is 6.04 Å². The highest BCUT2D eigenvalue weighted by molar-refractivity contribution is 4.76. The molecule has 0 atom stereocenters. The Morgan fingerprint density at radius 1 is 1.23 bits per heavy atom. The van der Waals surface area contributed by atoms with Crippen molar-refractivity contribution in [3.63, 3.8) is 0 Å². The molecule has 0 N–H and O–H groups in total. The minimum Gasteiger partial charge on any atom is -0.300 e. The van der Waals surface area contributed by atoms with E-state index in [9.17, 15) is 0 Å². The van der Waals surface area contributed by atoms with Gasteiger partial charge in [-0.15, -0.1) is 6.58 Å². The van der Waals surface area contributed by atoms with Crippen LogP contribution in [0.25, 0.3) is 0 Å². The largest absolute Gasteiger partial charge is 0.300 e. The highest BCUT2D eigenvalue weighted by Crippen LogP contribution is 2.05. The zero-order valence-corrected chi connectivity index (χ0v) is 9.00. The quantitative estimate of drug-likeness (QED) is 0.609. The normalized spacial score (nSPS) is 20.8. The van der Waals surface area contributed by atoms with Crippen LogP contribution in [0, 0.1) is 0 Å². The molecule has 1 fully saturated rings. The van der Waals surface area contributed by atoms with Crippen LogP contribution in [0.3, 0.4) is 0 Å². The van der Waals surface area contributed by atoms with Gasteiger partial charge in [0.15, 0.2) is 0 Å². The highest BCUT2D eigenvalue weighted by Gasteiger charge is 2.17. The van der Waals surface area contributed by atoms with E-state index in [-0.39, 0.29) is 0 Å². The first kappa shape index (κ1) is 10.7. The molecule has 76 valence electrons. The molecule has 1 saturated heterocycles. The van der Waals surface area contributed by atoms with Gasteiger partial charge >= 0.3 is 0 Å². The summed E-state index contributed by atoms with van der Waals surface area (Å²) in [5.74, 6) is 0. The van der Waals surface area contributed by atoms with Crippen LogP contribution in [-0.4, -0.2) is 48.6 Å². The van der Waals surface area contributed by atoms with Crippen molar-refractivity contribution in [3.8, 4) is 0 Å². The maximum Gasteiger partial charge on any atom is 0.0113 e. The van der Waals surface area contributed by atoms with E-state index < -0.39 is 0 Å². The van der Waals surface area contributed by atoms with Gasteiger partial charge < -0.3 is 4.90 Å². The summed E-state index contributed by atoms with van der Waals surface area (Å²) in [5, 5.41) is 0. The third-order valence-corrected chi connectivity index (χ3v) is 2.79. The van der Waals surface area contributed by atoms with E-state index >= 15 is 0 Å². The number of hydrogen-bond donors (Lipinski definition) is 0. The van der Waals surface area contributed by atoms with Gasteiger partial charge in [-0.2, -0.15) is 0 Å². The van der Waals surface area contributed by atoms with Crippen molar-refractivity contribution in [2.75, 3.05) is 32.7 Å². The monoisotopic (exact) mass is 182 g/mol. The maximum atomic E-state index is 3.75. The molecule has 2 heteroatoms. The van der Waals surface area contributed by atoms with Gasteiger partial charge in [-0.25, -0.2) is 0 Å². The Morgan fingerprint density at radius 3 is 2.31 bits per heavy atom. The van der Waals surface area contributed by atoms with Crippen LogP contribution in [-0.2, 0) is 0 Å². The van der Waals surface area contributed by atoms with Crippen LogP contribution in [0.15, 0.2) is 12.7 Å². The summed E-state index contributed by atoms with van der Waals surface area (Å²) >= 11 is 0. The van der Waals surface area contributed by atoms with Gasteiger partial charge in [-0.1, -0.05) is 6.08 Å². The number of piperazine rings is 1. The van der Waals surface area contributed by atoms with Crippen molar-refractivity contribution in [2.24, 2.45) is 0 Å². The van der Waals surface area contributed by atoms with Crippen molar-refractivity contribution >= 4 is 0 Å². The zero-order valence-electron chi connectivity index (χ0n) is 9.00. The molecule has 0 spiro atoms. The molecular formula is C11H22N2. The topological polar surface area (TPSA) is 6.48 Å². The highest BCUT2D eigenvalue weighted by atomic mass is 15.3. The van der Waals surface area contributed by atoms with Gasteiger partial charge in [0.05, 0.1) is 0 Å². The van der Waals surface area contributed by atoms with Crippen molar-refractivity contribution in [2.45, 2.75) is 26.3 Å². The molecule has 0 aromatic carbocycles. The lowest BCUT2D eigenvalue weighted by Gasteiger charge is -2.36. The lowest BCUT2D eigenvalue weighted by atomic mass is 10.2. The number of hydrogen-bond acceptors (Lipinski definition) is 2. The van der Waals surface area contributed by atoms with E-state index in [1.807, 2.05) is 6.08 Å². The van der Waals surface area contributed by atoms with E-state index in [2.05, 4.69) is 30.2 Å². The summed E-state index contributed by atoms with van der Waals surface area (Å²) < 4.78 is 0. The predicted octanol–water partition coefficient (Wildman–Crippen LogP) is 1.59. The van der Waals surface area contributed by atoms with Crippen LogP contribution >= 0.6 is 0 Å². The second-order valence-electron chi connectivity index (χ2n) is 4.05. The van der Waals surface area contributed by atoms with Gasteiger partial charge in [0, 0.05) is 38.8 Å². The smallest absolute Gasteiger partial charge is 0.0113 e. The molecule has 0 amide bonds. The van der Waals surface area contributed by atoms with Crippen molar-refractivity contribution in [1.29, 1.82) is 0 Å². The van der Waals surface area contributed by atoms with Crippen molar-refractivity contribution < 1.29 is 0 Å². The molecule has 0 unspecified atom stereocenters. The minimum absolute atomic E-state index is 0.710. The molecule has 0 radical (unpaired) electrons. The molecule has 0 bridgehead atoms. The SMILES string of the molecule is C=CCCN1CCN(C(C)C)CC1. The molecule has 0 aromatic rings. The van der Waals surface area contributed by atoms with Crippen LogP contribution in [0.2, 0.25) is 0 Å². The average molecular weight is 182 g/mol. The summed E-state index contributed by atoms with van der Waals surface area (Å²) in [5.41, 5.74) is 0. The Balaban J connectivity index is 2.18. The third kappa shape index (κ3) is 3.49. The second-order valence-corrected chi connectivity index (χ2v) is 4.05. The standard InChI is InChI=1S/C11H22N2/c1-4-5-6-12-7-9-13(10-8-12)11(2)3/h4,11H,1,5-10H2,2-3H3. The zero-order chi connectivity index (χ0) is 9.68. The number of nitrogens with zero attached hydrogens (tertiary/aromatic N) is 2. The third-order valence-electron chi connectivity index (χ3n) is 2.79. The minimum atomic E-state index is 0.710. The average Bonchev–Trinajstić information content (AvgIpc) is 2.15. The van der Waals surface area contributed by atoms with E-state index in [1.54, 1.807) is 0 Å². The molecule has 1 aliphatic rings. The van der Waals surface area contributed by atoms with E-state index in [0.717, 1.165) is 6.42 Å². The first-order valence-corrected chi connectivity index (χ1v) is 5.31. The Kier molecular flexibility index (Phi) is 4.46. The molecule has 0 aliphatic carbocycles. The summed E-state index contributed by atoms with van der Waals surface area (Å²) in [7, 11) is 0. The molecule has 13 heavy (non-hydrogen) atoms. The van der Waals surface area contributed by atoms with Crippen LogP contribution in [0.1, 0.15) is 20.3 Å². The Hall–Kier alpha value is -0.340. The van der Waals surface area contributed by atoms with E-state index in [1.165, 1.54) is 32.7 Å². The van der Waals surface area contributed by atoms with Crippen LogP contribution in [0.5, 0.6) is 0 Å². The second kappa shape index (κ2) is 5.40. The Labute approximate surface area is 82.2 Å². The molecule has 0 saturated carbocycles. The molecule has 1 aliphatic heterocycles. The summed E-state index contributed by atoms with van der Waals surface area (Å²) in [6, 6.07) is 0.710. The fourth-order valence-electron chi connectivity index (χ4n) is 1.78. The summed E-state index contributed by atoms with van der Waals surface area (Å²) in [6.07, 6.45) is 3.14. The van der Waals surface area contributed by atoms with Gasteiger partial charge in [0.2, 0.25) is 0 Å². The molecule has 1 rings (SSSR count).